The molecule has 2 atom stereocenters. The molecule has 7 heteroatoms. The molecule has 0 aliphatic carbocycles. The minimum atomic E-state index is -0.445. The van der Waals surface area contributed by atoms with Gasteiger partial charge in [0.2, 0.25) is 0 Å². The Hall–Kier alpha value is -7.03. The van der Waals surface area contributed by atoms with E-state index in [0.29, 0.717) is 39.0 Å². The quantitative estimate of drug-likeness (QED) is 0.0607. The largest absolute Gasteiger partial charge is 0.460 e. The maximum Gasteiger partial charge on any atom is 0.324 e. The van der Waals surface area contributed by atoms with E-state index < -0.39 is 12.1 Å². The molecule has 8 aromatic rings. The zero-order valence-corrected chi connectivity index (χ0v) is 39.6. The van der Waals surface area contributed by atoms with E-state index in [0.717, 1.165) is 38.3 Å². The Morgan fingerprint density at radius 2 is 0.676 bits per heavy atom. The molecule has 6 nitrogen and oxygen atoms in total. The van der Waals surface area contributed by atoms with E-state index in [1.54, 1.807) is 0 Å². The number of benzene rings is 8. The highest BCUT2D eigenvalue weighted by atomic mass is 32.1. The Morgan fingerprint density at radius 1 is 0.382 bits per heavy atom. The van der Waals surface area contributed by atoms with Crippen molar-refractivity contribution in [1.82, 2.24) is 9.80 Å². The zero-order valence-electron chi connectivity index (χ0n) is 38.7. The summed E-state index contributed by atoms with van der Waals surface area (Å²) in [4.78, 5) is 32.4. The summed E-state index contributed by atoms with van der Waals surface area (Å²) in [5.41, 5.74) is 9.99. The molecule has 2 unspecified atom stereocenters. The summed E-state index contributed by atoms with van der Waals surface area (Å²) in [6, 6.07) is 76.3. The summed E-state index contributed by atoms with van der Waals surface area (Å²) in [5, 5.41) is 0. The fourth-order valence-corrected chi connectivity index (χ4v) is 8.42. The van der Waals surface area contributed by atoms with Gasteiger partial charge in [0.25, 0.3) is 0 Å². The highest BCUT2D eigenvalue weighted by Crippen LogP contribution is 2.22. The third-order valence-electron chi connectivity index (χ3n) is 11.6. The molecule has 0 amide bonds. The summed E-state index contributed by atoms with van der Waals surface area (Å²) < 4.78 is 11.7. The number of nitrogens with zero attached hydrogens (tertiary/aromatic N) is 2. The van der Waals surface area contributed by atoms with Crippen LogP contribution < -0.4 is 0 Å². The highest BCUT2D eigenvalue weighted by Gasteiger charge is 2.30. The standard InChI is InChI=1S/C31H31NO2.C30H29NO2S/c1-25-12-11-19-29(20-25)21-30(31(33)34-24-28-17-9-4-10-18-28)32(22-26-13-5-2-6-14-26)23-27-15-7-3-8-16-27;32-30(33-23-26-15-8-3-9-16-26)29(20-27-17-10-18-28(34)19-27)31(21-24-11-4-1-5-12-24)22-25-13-6-2-7-14-25/h2-20,30H,21-24H2,1H3;1-19,29,34H,20-23H2. The van der Waals surface area contributed by atoms with E-state index in [4.69, 9.17) is 9.47 Å². The number of esters is 2. The Balaban J connectivity index is 0.000000201. The van der Waals surface area contributed by atoms with Gasteiger partial charge in [0.15, 0.2) is 0 Å². The molecule has 8 rings (SSSR count). The van der Waals surface area contributed by atoms with Crippen molar-refractivity contribution >= 4 is 24.6 Å². The van der Waals surface area contributed by atoms with Gasteiger partial charge < -0.3 is 9.47 Å². The van der Waals surface area contributed by atoms with Gasteiger partial charge in [-0.15, -0.1) is 12.6 Å². The fraction of sp³-hybridized carbons (Fsp3) is 0.180. The first-order chi connectivity index (χ1) is 33.3. The minimum Gasteiger partial charge on any atom is -0.460 e. The number of aryl methyl sites for hydroxylation is 1. The molecule has 0 aromatic heterocycles. The molecular formula is C61H60N2O4S. The Labute approximate surface area is 408 Å². The first-order valence-electron chi connectivity index (χ1n) is 23.2. The van der Waals surface area contributed by atoms with Crippen LogP contribution in [0.25, 0.3) is 0 Å². The fourth-order valence-electron chi connectivity index (χ4n) is 8.17. The van der Waals surface area contributed by atoms with Gasteiger partial charge in [-0.1, -0.05) is 224 Å². The lowest BCUT2D eigenvalue weighted by Gasteiger charge is -2.31. The van der Waals surface area contributed by atoms with Crippen LogP contribution in [0.2, 0.25) is 0 Å². The van der Waals surface area contributed by atoms with Crippen LogP contribution in [0.4, 0.5) is 0 Å². The number of thiol groups is 1. The van der Waals surface area contributed by atoms with Gasteiger partial charge in [-0.05, 0) is 76.4 Å². The van der Waals surface area contributed by atoms with Crippen molar-refractivity contribution in [2.45, 2.75) is 76.1 Å². The van der Waals surface area contributed by atoms with Gasteiger partial charge in [-0.2, -0.15) is 0 Å². The van der Waals surface area contributed by atoms with Gasteiger partial charge in [-0.25, -0.2) is 0 Å². The normalized spacial score (nSPS) is 11.8. The van der Waals surface area contributed by atoms with E-state index in [1.807, 2.05) is 158 Å². The topological polar surface area (TPSA) is 59.1 Å². The van der Waals surface area contributed by atoms with E-state index >= 15 is 0 Å². The molecule has 0 radical (unpaired) electrons. The number of ether oxygens (including phenoxy) is 2. The summed E-state index contributed by atoms with van der Waals surface area (Å²) in [6.07, 6.45) is 1.14. The van der Waals surface area contributed by atoms with Crippen molar-refractivity contribution < 1.29 is 19.1 Å². The SMILES string of the molecule is Cc1cccc(CC(C(=O)OCc2ccccc2)N(Cc2ccccc2)Cc2ccccc2)c1.O=C(OCc1ccccc1)C(Cc1cccc(S)c1)N(Cc1ccccc1)Cc1ccccc1. The molecule has 0 aliphatic heterocycles. The molecule has 68 heavy (non-hydrogen) atoms. The Morgan fingerprint density at radius 3 is 1.00 bits per heavy atom. The van der Waals surface area contributed by atoms with Crippen LogP contribution in [0, 0.1) is 6.92 Å². The van der Waals surface area contributed by atoms with E-state index in [1.165, 1.54) is 16.7 Å². The lowest BCUT2D eigenvalue weighted by molar-refractivity contribution is -0.153. The predicted octanol–water partition coefficient (Wildman–Crippen LogP) is 12.7. The van der Waals surface area contributed by atoms with Crippen LogP contribution in [-0.4, -0.2) is 33.8 Å². The molecule has 0 N–H and O–H groups in total. The van der Waals surface area contributed by atoms with Crippen LogP contribution in [0.3, 0.4) is 0 Å². The van der Waals surface area contributed by atoms with Gasteiger partial charge in [0, 0.05) is 31.1 Å². The summed E-state index contributed by atoms with van der Waals surface area (Å²) >= 11 is 4.50. The molecule has 0 bridgehead atoms. The van der Waals surface area contributed by atoms with E-state index in [2.05, 4.69) is 102 Å². The molecular weight excluding hydrogens is 857 g/mol. The molecule has 344 valence electrons. The maximum absolute atomic E-state index is 13.6. The average Bonchev–Trinajstić information content (AvgIpc) is 3.37. The Kier molecular flexibility index (Phi) is 18.9. The average molecular weight is 917 g/mol. The van der Waals surface area contributed by atoms with Gasteiger partial charge in [0.1, 0.15) is 25.3 Å². The number of carbonyl (C=O) groups is 2. The third kappa shape index (κ3) is 16.1. The van der Waals surface area contributed by atoms with Crippen LogP contribution in [0.5, 0.6) is 0 Å². The number of hydrogen-bond acceptors (Lipinski definition) is 7. The predicted molar refractivity (Wildman–Crippen MR) is 277 cm³/mol. The lowest BCUT2D eigenvalue weighted by Crippen LogP contribution is -2.43. The smallest absolute Gasteiger partial charge is 0.324 e. The van der Waals surface area contributed by atoms with Crippen molar-refractivity contribution in [3.05, 3.63) is 281 Å². The van der Waals surface area contributed by atoms with Gasteiger partial charge in [-0.3, -0.25) is 19.4 Å². The van der Waals surface area contributed by atoms with Gasteiger partial charge in [0.05, 0.1) is 0 Å². The maximum atomic E-state index is 13.6. The van der Waals surface area contributed by atoms with Crippen molar-refractivity contribution in [1.29, 1.82) is 0 Å². The molecule has 0 heterocycles. The van der Waals surface area contributed by atoms with E-state index in [-0.39, 0.29) is 25.2 Å². The second-order valence-corrected chi connectivity index (χ2v) is 17.6. The molecule has 0 spiro atoms. The van der Waals surface area contributed by atoms with Crippen molar-refractivity contribution in [2.24, 2.45) is 0 Å². The number of rotatable bonds is 20. The van der Waals surface area contributed by atoms with Crippen molar-refractivity contribution in [3.63, 3.8) is 0 Å². The molecule has 0 aliphatic rings. The molecule has 8 aromatic carbocycles. The Bertz CT molecular complexity index is 2430. The first-order valence-corrected chi connectivity index (χ1v) is 23.7. The second kappa shape index (κ2) is 26.3. The summed E-state index contributed by atoms with van der Waals surface area (Å²) in [5.74, 6) is -0.419. The lowest BCUT2D eigenvalue weighted by atomic mass is 10.0. The first kappa shape index (κ1) is 48.9. The van der Waals surface area contributed by atoms with Crippen LogP contribution in [-0.2, 0) is 71.3 Å². The van der Waals surface area contributed by atoms with Crippen molar-refractivity contribution in [2.75, 3.05) is 0 Å². The van der Waals surface area contributed by atoms with E-state index in [9.17, 15) is 9.59 Å². The second-order valence-electron chi connectivity index (χ2n) is 17.0. The zero-order chi connectivity index (χ0) is 47.2. The van der Waals surface area contributed by atoms with Crippen LogP contribution in [0.1, 0.15) is 50.1 Å². The molecule has 0 saturated carbocycles. The number of carbonyl (C=O) groups excluding carboxylic acids is 2. The summed E-state index contributed by atoms with van der Waals surface area (Å²) in [6.45, 7) is 5.21. The van der Waals surface area contributed by atoms with Gasteiger partial charge >= 0.3 is 11.9 Å². The monoisotopic (exact) mass is 916 g/mol. The molecule has 0 saturated heterocycles. The third-order valence-corrected chi connectivity index (χ3v) is 11.9. The summed E-state index contributed by atoms with van der Waals surface area (Å²) in [7, 11) is 0. The van der Waals surface area contributed by atoms with Crippen molar-refractivity contribution in [3.8, 4) is 0 Å². The molecule has 0 fully saturated rings. The highest BCUT2D eigenvalue weighted by molar-refractivity contribution is 7.80. The van der Waals surface area contributed by atoms with Crippen LogP contribution in [0.15, 0.2) is 235 Å². The number of hydrogen-bond donors (Lipinski definition) is 1. The van der Waals surface area contributed by atoms with Crippen LogP contribution >= 0.6 is 12.6 Å². The minimum absolute atomic E-state index is 0.197.